The van der Waals surface area contributed by atoms with Crippen molar-refractivity contribution in [2.24, 2.45) is 17.3 Å². The van der Waals surface area contributed by atoms with Crippen LogP contribution >= 0.6 is 0 Å². The molecule has 0 aromatic heterocycles. The first-order chi connectivity index (χ1) is 8.78. The van der Waals surface area contributed by atoms with Crippen LogP contribution in [0.4, 0.5) is 0 Å². The second-order valence-corrected chi connectivity index (χ2v) is 6.62. The topological polar surface area (TPSA) is 63.6 Å². The maximum Gasteiger partial charge on any atom is 0.336 e. The first kappa shape index (κ1) is 12.9. The Morgan fingerprint density at radius 3 is 2.84 bits per heavy atom. The zero-order valence-electron chi connectivity index (χ0n) is 11.7. The van der Waals surface area contributed by atoms with E-state index in [1.807, 2.05) is 0 Å². The quantitative estimate of drug-likeness (QED) is 0.791. The third kappa shape index (κ3) is 1.69. The van der Waals surface area contributed by atoms with Crippen molar-refractivity contribution in [1.82, 2.24) is 0 Å². The molecule has 0 spiro atoms. The summed E-state index contributed by atoms with van der Waals surface area (Å²) >= 11 is 0. The minimum atomic E-state index is -1.38. The largest absolute Gasteiger partial charge is 0.426 e. The molecule has 4 heteroatoms. The van der Waals surface area contributed by atoms with Crippen LogP contribution in [0.2, 0.25) is 0 Å². The van der Waals surface area contributed by atoms with Gasteiger partial charge in [-0.05, 0) is 43.9 Å². The number of hydrogen-bond acceptors (Lipinski definition) is 4. The van der Waals surface area contributed by atoms with Gasteiger partial charge in [-0.15, -0.1) is 0 Å². The van der Waals surface area contributed by atoms with Gasteiger partial charge in [-0.2, -0.15) is 0 Å². The molecule has 19 heavy (non-hydrogen) atoms. The molecule has 0 aromatic carbocycles. The molecule has 0 aromatic rings. The van der Waals surface area contributed by atoms with Gasteiger partial charge in [0.2, 0.25) is 5.79 Å². The molecule has 3 rings (SSSR count). The minimum absolute atomic E-state index is 0.0125. The lowest BCUT2D eigenvalue weighted by Gasteiger charge is -2.32. The van der Waals surface area contributed by atoms with Gasteiger partial charge in [0, 0.05) is 24.0 Å². The van der Waals surface area contributed by atoms with Crippen LogP contribution in [0, 0.1) is 17.3 Å². The monoisotopic (exact) mass is 264 g/mol. The lowest BCUT2D eigenvalue weighted by atomic mass is 9.81. The Hall–Kier alpha value is -1.16. The molecule has 4 nitrogen and oxygen atoms in total. The summed E-state index contributed by atoms with van der Waals surface area (Å²) in [6, 6.07) is 0. The predicted molar refractivity (Wildman–Crippen MR) is 68.0 cm³/mol. The van der Waals surface area contributed by atoms with Gasteiger partial charge in [0.15, 0.2) is 0 Å². The molecule has 0 unspecified atom stereocenters. The van der Waals surface area contributed by atoms with Crippen molar-refractivity contribution >= 4 is 11.8 Å². The van der Waals surface area contributed by atoms with Crippen molar-refractivity contribution in [2.75, 3.05) is 0 Å². The fraction of sp³-hybridized carbons (Fsp3) is 0.733. The number of fused-ring (bicyclic) bond motifs is 2. The molecule has 1 N–H and O–H groups in total. The lowest BCUT2D eigenvalue weighted by molar-refractivity contribution is -0.191. The molecule has 3 aliphatic rings. The summed E-state index contributed by atoms with van der Waals surface area (Å²) < 4.78 is 5.18. The van der Waals surface area contributed by atoms with E-state index in [1.54, 1.807) is 13.8 Å². The smallest absolute Gasteiger partial charge is 0.336 e. The van der Waals surface area contributed by atoms with E-state index < -0.39 is 5.79 Å². The van der Waals surface area contributed by atoms with E-state index in [-0.39, 0.29) is 17.2 Å². The van der Waals surface area contributed by atoms with Gasteiger partial charge in [-0.1, -0.05) is 6.92 Å². The number of carbonyl (C=O) groups excluding carboxylic acids is 2. The van der Waals surface area contributed by atoms with E-state index in [9.17, 15) is 14.7 Å². The van der Waals surface area contributed by atoms with Crippen LogP contribution in [0.3, 0.4) is 0 Å². The summed E-state index contributed by atoms with van der Waals surface area (Å²) in [5.41, 5.74) is 1.35. The van der Waals surface area contributed by atoms with Gasteiger partial charge < -0.3 is 14.6 Å². The van der Waals surface area contributed by atoms with Crippen LogP contribution in [0.25, 0.3) is 0 Å². The molecule has 0 saturated heterocycles. The van der Waals surface area contributed by atoms with Crippen molar-refractivity contribution in [3.05, 3.63) is 11.1 Å². The Morgan fingerprint density at radius 1 is 1.53 bits per heavy atom. The average molecular weight is 264 g/mol. The molecule has 2 saturated carbocycles. The van der Waals surface area contributed by atoms with Gasteiger partial charge in [0.1, 0.15) is 5.78 Å². The second-order valence-electron chi connectivity index (χ2n) is 6.62. The van der Waals surface area contributed by atoms with Crippen molar-refractivity contribution in [1.29, 1.82) is 0 Å². The number of Topliss-reactive ketones (excluding diaryl/α,β-unsaturated/α-hetero) is 1. The Morgan fingerprint density at radius 2 is 2.21 bits per heavy atom. The van der Waals surface area contributed by atoms with E-state index in [4.69, 9.17) is 4.74 Å². The molecular weight excluding hydrogens is 244 g/mol. The van der Waals surface area contributed by atoms with Crippen LogP contribution in [0.1, 0.15) is 46.5 Å². The summed E-state index contributed by atoms with van der Waals surface area (Å²) in [5.74, 6) is -0.607. The van der Waals surface area contributed by atoms with Gasteiger partial charge >= 0.3 is 5.97 Å². The zero-order valence-corrected chi connectivity index (χ0v) is 11.7. The molecule has 2 fully saturated rings. The molecule has 0 radical (unpaired) electrons. The van der Waals surface area contributed by atoms with Gasteiger partial charge in [-0.3, -0.25) is 0 Å². The SMILES string of the molecule is CC(=O)CC[C@@H]1[C@H]2CC3=C(C)C(=O)O[C@]3(O)C[C@@]12C. The Kier molecular flexibility index (Phi) is 2.50. The Labute approximate surface area is 112 Å². The van der Waals surface area contributed by atoms with Crippen molar-refractivity contribution in [3.8, 4) is 0 Å². The van der Waals surface area contributed by atoms with Gasteiger partial charge in [0.05, 0.1) is 0 Å². The Balaban J connectivity index is 1.81. The number of esters is 1. The summed E-state index contributed by atoms with van der Waals surface area (Å²) in [6.45, 7) is 5.48. The lowest BCUT2D eigenvalue weighted by Crippen LogP contribution is -2.38. The first-order valence-electron chi connectivity index (χ1n) is 6.93. The van der Waals surface area contributed by atoms with Crippen LogP contribution in [0.15, 0.2) is 11.1 Å². The second kappa shape index (κ2) is 3.69. The summed E-state index contributed by atoms with van der Waals surface area (Å²) in [4.78, 5) is 22.7. The number of rotatable bonds is 3. The minimum Gasteiger partial charge on any atom is -0.426 e. The third-order valence-corrected chi connectivity index (χ3v) is 5.41. The highest BCUT2D eigenvalue weighted by Crippen LogP contribution is 2.71. The van der Waals surface area contributed by atoms with Crippen LogP contribution < -0.4 is 0 Å². The molecule has 104 valence electrons. The standard InChI is InChI=1S/C15H20O4/c1-8(16)4-5-10-12-6-11-9(2)13(17)19-15(11,18)7-14(10,12)3/h10,12,18H,4-7H2,1-3H3/t10-,12-,14+,15-/m1/s1. The highest BCUT2D eigenvalue weighted by molar-refractivity contribution is 5.92. The molecule has 1 aliphatic heterocycles. The Bertz CT molecular complexity index is 506. The van der Waals surface area contributed by atoms with Crippen molar-refractivity contribution in [2.45, 2.75) is 52.2 Å². The highest BCUT2D eigenvalue weighted by atomic mass is 16.7. The first-order valence-corrected chi connectivity index (χ1v) is 6.93. The van der Waals surface area contributed by atoms with E-state index in [2.05, 4.69) is 6.92 Å². The normalized spacial score (nSPS) is 43.7. The third-order valence-electron chi connectivity index (χ3n) is 5.41. The molecular formula is C15H20O4. The van der Waals surface area contributed by atoms with E-state index in [0.29, 0.717) is 30.3 Å². The van der Waals surface area contributed by atoms with Crippen LogP contribution in [-0.2, 0) is 14.3 Å². The number of carbonyl (C=O) groups is 2. The fourth-order valence-electron chi connectivity index (χ4n) is 4.19. The maximum atomic E-state index is 11.6. The van der Waals surface area contributed by atoms with E-state index in [1.165, 1.54) is 0 Å². The number of hydrogen-bond donors (Lipinski definition) is 1. The van der Waals surface area contributed by atoms with Gasteiger partial charge in [-0.25, -0.2) is 4.79 Å². The van der Waals surface area contributed by atoms with E-state index >= 15 is 0 Å². The molecule has 0 amide bonds. The molecule has 4 atom stereocenters. The molecule has 1 heterocycles. The molecule has 0 bridgehead atoms. The number of ketones is 1. The molecule has 2 aliphatic carbocycles. The number of ether oxygens (including phenoxy) is 1. The van der Waals surface area contributed by atoms with E-state index in [0.717, 1.165) is 18.4 Å². The summed E-state index contributed by atoms with van der Waals surface area (Å²) in [7, 11) is 0. The van der Waals surface area contributed by atoms with Crippen molar-refractivity contribution in [3.63, 3.8) is 0 Å². The van der Waals surface area contributed by atoms with Crippen LogP contribution in [-0.4, -0.2) is 22.6 Å². The van der Waals surface area contributed by atoms with Crippen LogP contribution in [0.5, 0.6) is 0 Å². The fourth-order valence-corrected chi connectivity index (χ4v) is 4.19. The average Bonchev–Trinajstić information content (AvgIpc) is 2.77. The maximum absolute atomic E-state index is 11.6. The zero-order chi connectivity index (χ0) is 14.0. The summed E-state index contributed by atoms with van der Waals surface area (Å²) in [5, 5.41) is 10.5. The van der Waals surface area contributed by atoms with Crippen molar-refractivity contribution < 1.29 is 19.4 Å². The highest BCUT2D eigenvalue weighted by Gasteiger charge is 2.69. The van der Waals surface area contributed by atoms with Gasteiger partial charge in [0.25, 0.3) is 0 Å². The predicted octanol–water partition coefficient (Wildman–Crippen LogP) is 1.96. The summed E-state index contributed by atoms with van der Waals surface area (Å²) in [6.07, 6.45) is 2.69. The number of aliphatic hydroxyl groups is 1.